The molecule has 2 aliphatic rings. The molecule has 0 amide bonds. The minimum atomic E-state index is -1.43. The van der Waals surface area contributed by atoms with E-state index in [-0.39, 0.29) is 0 Å². The number of hydrogen-bond donors (Lipinski definition) is 0. The first kappa shape index (κ1) is 29.2. The lowest BCUT2D eigenvalue weighted by Crippen LogP contribution is -2.37. The summed E-state index contributed by atoms with van der Waals surface area (Å²) in [5, 5.41) is 6.62. The molecule has 8 aromatic carbocycles. The van der Waals surface area contributed by atoms with E-state index in [0.717, 1.165) is 11.4 Å². The van der Waals surface area contributed by atoms with Crippen molar-refractivity contribution in [2.45, 2.75) is 25.1 Å². The van der Waals surface area contributed by atoms with Gasteiger partial charge in [-0.3, -0.25) is 0 Å². The van der Waals surface area contributed by atoms with Crippen LogP contribution in [0.4, 0.5) is 17.1 Å². The van der Waals surface area contributed by atoms with Crippen molar-refractivity contribution in [3.05, 3.63) is 192 Å². The predicted octanol–water partition coefficient (Wildman–Crippen LogP) is 12.4. The van der Waals surface area contributed by atoms with Crippen LogP contribution in [0.15, 0.2) is 170 Å². The molecule has 50 heavy (non-hydrogen) atoms. The summed E-state index contributed by atoms with van der Waals surface area (Å²) in [6, 6.07) is 63.8. The van der Waals surface area contributed by atoms with Gasteiger partial charge >= 0.3 is 0 Å². The van der Waals surface area contributed by atoms with E-state index in [1.807, 2.05) is 0 Å². The van der Waals surface area contributed by atoms with Gasteiger partial charge in [0.15, 0.2) is 0 Å². The molecular weight excluding hydrogens is 619 g/mol. The molecule has 10 rings (SSSR count). The Balaban J connectivity index is 1.26. The second-order valence-corrected chi connectivity index (χ2v) is 20.0. The predicted molar refractivity (Wildman–Crippen MR) is 215 cm³/mol. The second-order valence-electron chi connectivity index (χ2n) is 14.9. The van der Waals surface area contributed by atoms with Crippen LogP contribution in [-0.2, 0) is 5.41 Å². The summed E-state index contributed by atoms with van der Waals surface area (Å²) in [6.45, 7) is 7.23. The lowest BCUT2D eigenvalue weighted by molar-refractivity contribution is 0.802. The number of para-hydroxylation sites is 1. The van der Waals surface area contributed by atoms with E-state index in [2.05, 4.69) is 194 Å². The van der Waals surface area contributed by atoms with E-state index in [9.17, 15) is 0 Å². The monoisotopic (exact) mass is 655 g/mol. The van der Waals surface area contributed by atoms with Crippen LogP contribution in [0.1, 0.15) is 22.3 Å². The van der Waals surface area contributed by atoms with Gasteiger partial charge in [-0.2, -0.15) is 0 Å². The first-order chi connectivity index (χ1) is 24.4. The molecular formula is C48H37NSi. The third kappa shape index (κ3) is 4.00. The number of anilines is 3. The minimum absolute atomic E-state index is 0.408. The quantitative estimate of drug-likeness (QED) is 0.171. The molecule has 0 saturated heterocycles. The summed E-state index contributed by atoms with van der Waals surface area (Å²) in [6.07, 6.45) is 0. The molecule has 0 fully saturated rings. The van der Waals surface area contributed by atoms with Gasteiger partial charge in [-0.1, -0.05) is 158 Å². The topological polar surface area (TPSA) is 3.24 Å². The lowest BCUT2D eigenvalue weighted by atomic mass is 9.69. The Bertz CT molecular complexity index is 2580. The maximum Gasteiger partial charge on any atom is 0.0775 e. The minimum Gasteiger partial charge on any atom is -0.310 e. The summed E-state index contributed by atoms with van der Waals surface area (Å²) in [5.41, 5.74) is 14.0. The van der Waals surface area contributed by atoms with Gasteiger partial charge in [0.2, 0.25) is 0 Å². The van der Waals surface area contributed by atoms with E-state index in [4.69, 9.17) is 0 Å². The molecule has 238 valence electrons. The Morgan fingerprint density at radius 3 is 1.74 bits per heavy atom. The van der Waals surface area contributed by atoms with Crippen LogP contribution in [0.5, 0.6) is 0 Å². The van der Waals surface area contributed by atoms with E-state index in [0.29, 0.717) is 0 Å². The fraction of sp³-hybridized carbons (Fsp3) is 0.0833. The fourth-order valence-corrected chi connectivity index (χ4v) is 10.2. The van der Waals surface area contributed by atoms with Crippen molar-refractivity contribution in [2.75, 3.05) is 4.90 Å². The number of hydrogen-bond acceptors (Lipinski definition) is 1. The summed E-state index contributed by atoms with van der Waals surface area (Å²) < 4.78 is 0. The normalized spacial score (nSPS) is 13.7. The molecule has 0 heterocycles. The van der Waals surface area contributed by atoms with E-state index in [1.165, 1.54) is 76.9 Å². The van der Waals surface area contributed by atoms with Gasteiger partial charge in [-0.15, -0.1) is 0 Å². The number of fused-ring (bicyclic) bond motifs is 14. The van der Waals surface area contributed by atoms with Gasteiger partial charge in [-0.25, -0.2) is 0 Å². The SMILES string of the molecule is C[Si](C)(C)c1ccc(N(c2ccccc2)c2ccc3c4c(ccc3c2)-c2c(ccc3ccccc23)C42c3ccccc3-c3ccccc32)cc1. The molecule has 0 aromatic heterocycles. The third-order valence-corrected chi connectivity index (χ3v) is 13.3. The largest absolute Gasteiger partial charge is 0.310 e. The van der Waals surface area contributed by atoms with Crippen molar-refractivity contribution in [3.63, 3.8) is 0 Å². The maximum atomic E-state index is 2.41. The van der Waals surface area contributed by atoms with Crippen molar-refractivity contribution in [1.82, 2.24) is 0 Å². The Morgan fingerprint density at radius 2 is 1.02 bits per heavy atom. The van der Waals surface area contributed by atoms with Crippen LogP contribution in [0, 0.1) is 0 Å². The van der Waals surface area contributed by atoms with Crippen LogP contribution >= 0.6 is 0 Å². The zero-order valence-electron chi connectivity index (χ0n) is 28.6. The van der Waals surface area contributed by atoms with Crippen LogP contribution in [0.3, 0.4) is 0 Å². The van der Waals surface area contributed by atoms with Gasteiger partial charge in [-0.05, 0) is 102 Å². The average Bonchev–Trinajstić information content (AvgIpc) is 3.63. The molecule has 0 bridgehead atoms. The van der Waals surface area contributed by atoms with E-state index in [1.54, 1.807) is 0 Å². The zero-order chi connectivity index (χ0) is 33.6. The van der Waals surface area contributed by atoms with Gasteiger partial charge in [0.05, 0.1) is 13.5 Å². The van der Waals surface area contributed by atoms with Crippen LogP contribution in [0.2, 0.25) is 19.6 Å². The highest BCUT2D eigenvalue weighted by atomic mass is 28.3. The highest BCUT2D eigenvalue weighted by Gasteiger charge is 2.52. The smallest absolute Gasteiger partial charge is 0.0775 e. The van der Waals surface area contributed by atoms with Crippen molar-refractivity contribution in [3.8, 4) is 22.3 Å². The van der Waals surface area contributed by atoms with Crippen molar-refractivity contribution in [1.29, 1.82) is 0 Å². The van der Waals surface area contributed by atoms with Gasteiger partial charge < -0.3 is 4.90 Å². The molecule has 1 spiro atoms. The van der Waals surface area contributed by atoms with Crippen molar-refractivity contribution in [2.24, 2.45) is 0 Å². The molecule has 0 saturated carbocycles. The van der Waals surface area contributed by atoms with E-state index >= 15 is 0 Å². The van der Waals surface area contributed by atoms with Gasteiger partial charge in [0, 0.05) is 17.1 Å². The van der Waals surface area contributed by atoms with E-state index < -0.39 is 13.5 Å². The third-order valence-electron chi connectivity index (χ3n) is 11.2. The fourth-order valence-electron chi connectivity index (χ4n) is 9.01. The van der Waals surface area contributed by atoms with Crippen molar-refractivity contribution < 1.29 is 0 Å². The van der Waals surface area contributed by atoms with Gasteiger partial charge in [0.1, 0.15) is 0 Å². The van der Waals surface area contributed by atoms with Crippen molar-refractivity contribution >= 4 is 51.9 Å². The molecule has 2 aliphatic carbocycles. The lowest BCUT2D eigenvalue weighted by Gasteiger charge is -2.32. The molecule has 0 unspecified atom stereocenters. The number of rotatable bonds is 4. The molecule has 8 aromatic rings. The first-order valence-corrected chi connectivity index (χ1v) is 21.2. The zero-order valence-corrected chi connectivity index (χ0v) is 29.6. The average molecular weight is 656 g/mol. The summed E-state index contributed by atoms with van der Waals surface area (Å²) in [5.74, 6) is 0. The number of nitrogens with zero attached hydrogens (tertiary/aromatic N) is 1. The first-order valence-electron chi connectivity index (χ1n) is 17.7. The molecule has 2 heteroatoms. The molecule has 1 nitrogen and oxygen atoms in total. The highest BCUT2D eigenvalue weighted by Crippen LogP contribution is 2.65. The maximum absolute atomic E-state index is 2.41. The summed E-state index contributed by atoms with van der Waals surface area (Å²) >= 11 is 0. The number of benzene rings is 8. The Labute approximate surface area is 295 Å². The molecule has 0 radical (unpaired) electrons. The summed E-state index contributed by atoms with van der Waals surface area (Å²) in [4.78, 5) is 2.40. The van der Waals surface area contributed by atoms with Gasteiger partial charge in [0.25, 0.3) is 0 Å². The standard InChI is InChI=1S/C48H37NSi/c1-50(2,3)37-26-23-35(24-27-37)49(34-14-5-4-6-15-34)36-25-29-39-33(31-36)21-28-42-46-38-16-8-7-13-32(38)22-30-45(46)48(47(39)42)43-19-11-9-17-40(43)41-18-10-12-20-44(41)48/h4-31H,1-3H3. The summed E-state index contributed by atoms with van der Waals surface area (Å²) in [7, 11) is -1.43. The Morgan fingerprint density at radius 1 is 0.420 bits per heavy atom. The second kappa shape index (κ2) is 10.6. The molecule has 0 N–H and O–H groups in total. The molecule has 0 aliphatic heterocycles. The highest BCUT2D eigenvalue weighted by molar-refractivity contribution is 6.88. The van der Waals surface area contributed by atoms with Crippen LogP contribution < -0.4 is 10.1 Å². The Kier molecular flexibility index (Phi) is 6.22. The Hall–Kier alpha value is -5.70. The molecule has 0 atom stereocenters. The van der Waals surface area contributed by atoms with Crippen LogP contribution in [-0.4, -0.2) is 8.07 Å². The van der Waals surface area contributed by atoms with Crippen LogP contribution in [0.25, 0.3) is 43.8 Å².